The Morgan fingerprint density at radius 1 is 1.41 bits per heavy atom. The first-order chi connectivity index (χ1) is 10.7. The molecule has 0 radical (unpaired) electrons. The Morgan fingerprint density at radius 2 is 2.27 bits per heavy atom. The molecular formula is C17H25N3O2. The van der Waals surface area contributed by atoms with Gasteiger partial charge in [-0.15, -0.1) is 0 Å². The van der Waals surface area contributed by atoms with E-state index < -0.39 is 0 Å². The molecular weight excluding hydrogens is 278 g/mol. The van der Waals surface area contributed by atoms with Crippen LogP contribution in [0.2, 0.25) is 0 Å². The maximum Gasteiger partial charge on any atom is 0.225 e. The zero-order valence-electron chi connectivity index (χ0n) is 13.3. The fourth-order valence-corrected chi connectivity index (χ4v) is 4.19. The van der Waals surface area contributed by atoms with E-state index in [-0.39, 0.29) is 5.60 Å². The molecule has 120 valence electrons. The van der Waals surface area contributed by atoms with Gasteiger partial charge in [0.2, 0.25) is 5.91 Å². The molecule has 4 rings (SSSR count). The van der Waals surface area contributed by atoms with Gasteiger partial charge in [-0.3, -0.25) is 9.48 Å². The highest BCUT2D eigenvalue weighted by Crippen LogP contribution is 2.42. The third kappa shape index (κ3) is 2.45. The quantitative estimate of drug-likeness (QED) is 0.840. The van der Waals surface area contributed by atoms with E-state index in [1.54, 1.807) is 0 Å². The van der Waals surface area contributed by atoms with Gasteiger partial charge < -0.3 is 9.64 Å². The maximum atomic E-state index is 12.5. The summed E-state index contributed by atoms with van der Waals surface area (Å²) in [5.41, 5.74) is 1.15. The van der Waals surface area contributed by atoms with Crippen LogP contribution in [0.25, 0.3) is 0 Å². The molecule has 0 N–H and O–H groups in total. The molecule has 1 aliphatic carbocycles. The highest BCUT2D eigenvalue weighted by molar-refractivity contribution is 5.79. The average Bonchev–Trinajstić information content (AvgIpc) is 3.04. The van der Waals surface area contributed by atoms with Gasteiger partial charge in [-0.2, -0.15) is 5.10 Å². The lowest BCUT2D eigenvalue weighted by Gasteiger charge is -2.42. The van der Waals surface area contributed by atoms with Crippen LogP contribution in [0.5, 0.6) is 0 Å². The summed E-state index contributed by atoms with van der Waals surface area (Å²) in [7, 11) is 1.95. The Morgan fingerprint density at radius 3 is 2.95 bits per heavy atom. The standard InChI is InChI=1S/C17H25N3O2/c1-19-10-15(9-18-19)14-8-17(22-11-14)6-3-7-20(12-17)16(21)13-4-2-5-13/h9-10,13-14H,2-8,11-12H2,1H3. The fraction of sp³-hybridized carbons (Fsp3) is 0.765. The predicted octanol–water partition coefficient (Wildman–Crippen LogP) is 2.09. The second-order valence-electron chi connectivity index (χ2n) is 7.33. The van der Waals surface area contributed by atoms with Crippen LogP contribution in [-0.4, -0.2) is 45.9 Å². The van der Waals surface area contributed by atoms with E-state index in [4.69, 9.17) is 4.74 Å². The fourth-order valence-electron chi connectivity index (χ4n) is 4.19. The van der Waals surface area contributed by atoms with Crippen molar-refractivity contribution in [3.63, 3.8) is 0 Å². The number of aromatic nitrogens is 2. The molecule has 1 aromatic rings. The van der Waals surface area contributed by atoms with Gasteiger partial charge in [-0.25, -0.2) is 0 Å². The molecule has 1 spiro atoms. The second-order valence-corrected chi connectivity index (χ2v) is 7.33. The smallest absolute Gasteiger partial charge is 0.225 e. The summed E-state index contributed by atoms with van der Waals surface area (Å²) in [6, 6.07) is 0. The van der Waals surface area contributed by atoms with Crippen molar-refractivity contribution in [2.75, 3.05) is 19.7 Å². The van der Waals surface area contributed by atoms with Gasteiger partial charge in [0.05, 0.1) is 18.4 Å². The van der Waals surface area contributed by atoms with E-state index in [2.05, 4.69) is 16.2 Å². The Kier molecular flexibility index (Phi) is 3.48. The van der Waals surface area contributed by atoms with Crippen molar-refractivity contribution >= 4 is 5.91 Å². The average molecular weight is 303 g/mol. The Labute approximate surface area is 131 Å². The summed E-state index contributed by atoms with van der Waals surface area (Å²) in [5.74, 6) is 1.09. The highest BCUT2D eigenvalue weighted by Gasteiger charge is 2.46. The lowest BCUT2D eigenvalue weighted by molar-refractivity contribution is -0.146. The number of hydrogen-bond acceptors (Lipinski definition) is 3. The minimum atomic E-state index is -0.113. The number of rotatable bonds is 2. The van der Waals surface area contributed by atoms with Crippen molar-refractivity contribution in [2.24, 2.45) is 13.0 Å². The molecule has 3 fully saturated rings. The van der Waals surface area contributed by atoms with Crippen LogP contribution in [0.1, 0.15) is 50.0 Å². The van der Waals surface area contributed by atoms with Crippen LogP contribution in [0.15, 0.2) is 12.4 Å². The van der Waals surface area contributed by atoms with Crippen molar-refractivity contribution in [2.45, 2.75) is 50.0 Å². The summed E-state index contributed by atoms with van der Waals surface area (Å²) in [5, 5.41) is 4.28. The number of ether oxygens (including phenoxy) is 1. The lowest BCUT2D eigenvalue weighted by atomic mass is 9.81. The molecule has 5 nitrogen and oxygen atoms in total. The molecule has 3 aliphatic rings. The minimum absolute atomic E-state index is 0.113. The molecule has 3 heterocycles. The highest BCUT2D eigenvalue weighted by atomic mass is 16.5. The van der Waals surface area contributed by atoms with Gasteiger partial charge in [-0.05, 0) is 37.7 Å². The lowest BCUT2D eigenvalue weighted by Crippen LogP contribution is -2.52. The van der Waals surface area contributed by atoms with Gasteiger partial charge in [0.1, 0.15) is 0 Å². The van der Waals surface area contributed by atoms with E-state index in [0.29, 0.717) is 17.7 Å². The molecule has 0 aromatic carbocycles. The molecule has 0 bridgehead atoms. The number of carbonyl (C=O) groups excluding carboxylic acids is 1. The monoisotopic (exact) mass is 303 g/mol. The normalized spacial score (nSPS) is 32.4. The molecule has 1 amide bonds. The topological polar surface area (TPSA) is 47.4 Å². The largest absolute Gasteiger partial charge is 0.372 e. The Balaban J connectivity index is 1.44. The van der Waals surface area contributed by atoms with Crippen molar-refractivity contribution in [1.82, 2.24) is 14.7 Å². The van der Waals surface area contributed by atoms with Crippen LogP contribution in [0.4, 0.5) is 0 Å². The molecule has 1 saturated carbocycles. The number of hydrogen-bond donors (Lipinski definition) is 0. The van der Waals surface area contributed by atoms with E-state index in [1.165, 1.54) is 12.0 Å². The van der Waals surface area contributed by atoms with Crippen LogP contribution >= 0.6 is 0 Å². The van der Waals surface area contributed by atoms with Crippen LogP contribution in [0.3, 0.4) is 0 Å². The molecule has 2 atom stereocenters. The number of carbonyl (C=O) groups is 1. The van der Waals surface area contributed by atoms with Crippen molar-refractivity contribution in [3.05, 3.63) is 18.0 Å². The zero-order valence-corrected chi connectivity index (χ0v) is 13.3. The van der Waals surface area contributed by atoms with Gasteiger partial charge in [-0.1, -0.05) is 6.42 Å². The molecule has 2 unspecified atom stereocenters. The maximum absolute atomic E-state index is 12.5. The zero-order chi connectivity index (χ0) is 15.2. The second kappa shape index (κ2) is 5.37. The van der Waals surface area contributed by atoms with Crippen LogP contribution in [0, 0.1) is 5.92 Å². The van der Waals surface area contributed by atoms with E-state index in [1.807, 2.05) is 17.9 Å². The summed E-state index contributed by atoms with van der Waals surface area (Å²) >= 11 is 0. The summed E-state index contributed by atoms with van der Waals surface area (Å²) in [4.78, 5) is 14.6. The third-order valence-corrected chi connectivity index (χ3v) is 5.71. The van der Waals surface area contributed by atoms with E-state index >= 15 is 0 Å². The summed E-state index contributed by atoms with van der Waals surface area (Å²) < 4.78 is 8.09. The summed E-state index contributed by atoms with van der Waals surface area (Å²) in [6.07, 6.45) is 10.6. The first-order valence-corrected chi connectivity index (χ1v) is 8.56. The van der Waals surface area contributed by atoms with Crippen LogP contribution in [-0.2, 0) is 16.6 Å². The van der Waals surface area contributed by atoms with E-state index in [0.717, 1.165) is 51.8 Å². The Hall–Kier alpha value is -1.36. The number of amides is 1. The molecule has 2 saturated heterocycles. The number of piperidine rings is 1. The molecule has 2 aliphatic heterocycles. The van der Waals surface area contributed by atoms with E-state index in [9.17, 15) is 4.79 Å². The first-order valence-electron chi connectivity index (χ1n) is 8.56. The van der Waals surface area contributed by atoms with Crippen molar-refractivity contribution in [1.29, 1.82) is 0 Å². The van der Waals surface area contributed by atoms with Gasteiger partial charge in [0, 0.05) is 38.2 Å². The number of nitrogens with zero attached hydrogens (tertiary/aromatic N) is 3. The first kappa shape index (κ1) is 14.2. The SMILES string of the molecule is Cn1cc(C2COC3(CCCN(C(=O)C4CCC4)C3)C2)cn1. The summed E-state index contributed by atoms with van der Waals surface area (Å²) in [6.45, 7) is 2.47. The third-order valence-electron chi connectivity index (χ3n) is 5.71. The molecule has 22 heavy (non-hydrogen) atoms. The van der Waals surface area contributed by atoms with Gasteiger partial charge in [0.25, 0.3) is 0 Å². The van der Waals surface area contributed by atoms with Gasteiger partial charge >= 0.3 is 0 Å². The predicted molar refractivity (Wildman–Crippen MR) is 82.4 cm³/mol. The minimum Gasteiger partial charge on any atom is -0.372 e. The molecule has 1 aromatic heterocycles. The number of likely N-dealkylation sites (tertiary alicyclic amines) is 1. The molecule has 5 heteroatoms. The van der Waals surface area contributed by atoms with Crippen LogP contribution < -0.4 is 0 Å². The Bertz CT molecular complexity index is 566. The van der Waals surface area contributed by atoms with Gasteiger partial charge in [0.15, 0.2) is 0 Å². The van der Waals surface area contributed by atoms with Crippen molar-refractivity contribution < 1.29 is 9.53 Å². The number of aryl methyl sites for hydroxylation is 1. The van der Waals surface area contributed by atoms with Crippen molar-refractivity contribution in [3.8, 4) is 0 Å².